The molecule has 21 heavy (non-hydrogen) atoms. The molecule has 0 radical (unpaired) electrons. The van der Waals surface area contributed by atoms with E-state index in [1.165, 1.54) is 13.8 Å². The zero-order chi connectivity index (χ0) is 15.8. The molecule has 8 heteroatoms. The number of aliphatic hydroxyl groups excluding tert-OH is 3. The van der Waals surface area contributed by atoms with Crippen LogP contribution < -0.4 is 11.2 Å². The molecule has 0 spiro atoms. The Hall–Kier alpha value is -1.92. The maximum atomic E-state index is 12.0. The number of aromatic nitrogens is 2. The Balaban J connectivity index is 2.60. The van der Waals surface area contributed by atoms with Crippen LogP contribution in [0.2, 0.25) is 0 Å². The number of hydrogen-bond acceptors (Lipinski definition) is 6. The smallest absolute Gasteiger partial charge is 0.330 e. The zero-order valence-corrected chi connectivity index (χ0v) is 11.5. The first-order valence-corrected chi connectivity index (χ1v) is 6.29. The lowest BCUT2D eigenvalue weighted by molar-refractivity contribution is -0.137. The standard InChI is InChI=1S/C13H16N2O6/c1-3-4-7-5-15(12(20)14-11(7)19)13(2)10(18)9(17)8(6-16)21-13/h5,8-10,16-18H,6H2,1-2H3,(H,14,19,20)/t8-,9-,10-,13-/m1/s1. The van der Waals surface area contributed by atoms with Gasteiger partial charge in [0.2, 0.25) is 0 Å². The van der Waals surface area contributed by atoms with Crippen molar-refractivity contribution < 1.29 is 20.1 Å². The lowest BCUT2D eigenvalue weighted by Crippen LogP contribution is -2.50. The first-order chi connectivity index (χ1) is 9.85. The lowest BCUT2D eigenvalue weighted by Gasteiger charge is -2.29. The van der Waals surface area contributed by atoms with Crippen LogP contribution in [0.3, 0.4) is 0 Å². The van der Waals surface area contributed by atoms with E-state index in [0.717, 1.165) is 10.8 Å². The second-order valence-electron chi connectivity index (χ2n) is 4.88. The van der Waals surface area contributed by atoms with E-state index in [-0.39, 0.29) is 5.56 Å². The van der Waals surface area contributed by atoms with Crippen LogP contribution in [0.15, 0.2) is 15.8 Å². The van der Waals surface area contributed by atoms with Gasteiger partial charge in [-0.3, -0.25) is 14.3 Å². The summed E-state index contributed by atoms with van der Waals surface area (Å²) in [5, 5.41) is 29.1. The van der Waals surface area contributed by atoms with Gasteiger partial charge < -0.3 is 20.1 Å². The van der Waals surface area contributed by atoms with Gasteiger partial charge in [-0.25, -0.2) is 4.79 Å². The van der Waals surface area contributed by atoms with Gasteiger partial charge in [-0.15, -0.1) is 5.92 Å². The number of rotatable bonds is 2. The molecular weight excluding hydrogens is 280 g/mol. The average molecular weight is 296 g/mol. The third-order valence-electron chi connectivity index (χ3n) is 3.50. The van der Waals surface area contributed by atoms with Crippen LogP contribution in [-0.2, 0) is 10.5 Å². The van der Waals surface area contributed by atoms with Gasteiger partial charge >= 0.3 is 5.69 Å². The quantitative estimate of drug-likeness (QED) is 0.455. The molecule has 0 bridgehead atoms. The van der Waals surface area contributed by atoms with Gasteiger partial charge in [0.15, 0.2) is 5.72 Å². The minimum Gasteiger partial charge on any atom is -0.394 e. The van der Waals surface area contributed by atoms with Gasteiger partial charge in [0.1, 0.15) is 23.9 Å². The Morgan fingerprint density at radius 2 is 2.14 bits per heavy atom. The summed E-state index contributed by atoms with van der Waals surface area (Å²) in [6.07, 6.45) is -2.70. The summed E-state index contributed by atoms with van der Waals surface area (Å²) < 4.78 is 6.36. The fourth-order valence-electron chi connectivity index (χ4n) is 2.34. The highest BCUT2D eigenvalue weighted by Gasteiger charge is 2.52. The highest BCUT2D eigenvalue weighted by molar-refractivity contribution is 5.29. The summed E-state index contributed by atoms with van der Waals surface area (Å²) in [6.45, 7) is 2.38. The molecule has 1 saturated heterocycles. The monoisotopic (exact) mass is 296 g/mol. The molecule has 4 N–H and O–H groups in total. The molecule has 2 heterocycles. The number of ether oxygens (including phenoxy) is 1. The van der Waals surface area contributed by atoms with Crippen molar-refractivity contribution in [3.8, 4) is 11.8 Å². The number of nitrogens with one attached hydrogen (secondary N) is 1. The molecule has 8 nitrogen and oxygen atoms in total. The van der Waals surface area contributed by atoms with Crippen molar-refractivity contribution in [1.82, 2.24) is 9.55 Å². The van der Waals surface area contributed by atoms with Crippen LogP contribution in [-0.4, -0.2) is 49.8 Å². The van der Waals surface area contributed by atoms with Gasteiger partial charge in [-0.1, -0.05) is 5.92 Å². The van der Waals surface area contributed by atoms with Crippen molar-refractivity contribution >= 4 is 0 Å². The second kappa shape index (κ2) is 5.46. The molecule has 1 aliphatic rings. The van der Waals surface area contributed by atoms with E-state index >= 15 is 0 Å². The number of aliphatic hydroxyl groups is 3. The van der Waals surface area contributed by atoms with Gasteiger partial charge in [-0.2, -0.15) is 0 Å². The number of H-pyrrole nitrogens is 1. The van der Waals surface area contributed by atoms with Crippen LogP contribution in [0, 0.1) is 11.8 Å². The molecule has 0 amide bonds. The summed E-state index contributed by atoms with van der Waals surface area (Å²) in [5.74, 6) is 5.07. The van der Waals surface area contributed by atoms with Crippen LogP contribution in [0.5, 0.6) is 0 Å². The highest BCUT2D eigenvalue weighted by atomic mass is 16.6. The zero-order valence-electron chi connectivity index (χ0n) is 11.5. The summed E-state index contributed by atoms with van der Waals surface area (Å²) >= 11 is 0. The largest absolute Gasteiger partial charge is 0.394 e. The van der Waals surface area contributed by atoms with E-state index in [0.29, 0.717) is 0 Å². The summed E-state index contributed by atoms with van der Waals surface area (Å²) in [7, 11) is 0. The molecule has 0 aliphatic carbocycles. The van der Waals surface area contributed by atoms with E-state index in [1.807, 2.05) is 0 Å². The SMILES string of the molecule is CC#Cc1cn([C@]2(C)O[C@H](CO)[C@@H](O)[C@H]2O)c(=O)[nH]c1=O. The van der Waals surface area contributed by atoms with Crippen molar-refractivity contribution in [2.45, 2.75) is 37.9 Å². The number of nitrogens with zero attached hydrogens (tertiary/aromatic N) is 1. The van der Waals surface area contributed by atoms with E-state index < -0.39 is 41.9 Å². The Labute approximate surface area is 119 Å². The van der Waals surface area contributed by atoms with Crippen molar-refractivity contribution in [3.05, 3.63) is 32.6 Å². The average Bonchev–Trinajstić information content (AvgIpc) is 2.67. The third kappa shape index (κ3) is 2.41. The van der Waals surface area contributed by atoms with Crippen molar-refractivity contribution in [2.75, 3.05) is 6.61 Å². The molecule has 0 unspecified atom stereocenters. The normalized spacial score (nSPS) is 31.8. The molecule has 2 rings (SSSR count). The Morgan fingerprint density at radius 3 is 2.67 bits per heavy atom. The fourth-order valence-corrected chi connectivity index (χ4v) is 2.34. The van der Waals surface area contributed by atoms with E-state index in [1.54, 1.807) is 0 Å². The summed E-state index contributed by atoms with van der Waals surface area (Å²) in [4.78, 5) is 25.6. The Bertz CT molecular complexity index is 712. The maximum Gasteiger partial charge on any atom is 0.330 e. The molecule has 114 valence electrons. The maximum absolute atomic E-state index is 12.0. The molecule has 1 fully saturated rings. The Morgan fingerprint density at radius 1 is 1.48 bits per heavy atom. The minimum absolute atomic E-state index is 0.0241. The van der Waals surface area contributed by atoms with Gasteiger partial charge in [-0.05, 0) is 13.8 Å². The predicted octanol–water partition coefficient (Wildman–Crippen LogP) is -2.31. The van der Waals surface area contributed by atoms with Gasteiger partial charge in [0.25, 0.3) is 5.56 Å². The lowest BCUT2D eigenvalue weighted by atomic mass is 10.0. The minimum atomic E-state index is -1.63. The van der Waals surface area contributed by atoms with E-state index in [9.17, 15) is 19.8 Å². The summed E-state index contributed by atoms with van der Waals surface area (Å²) in [6, 6.07) is 0. The van der Waals surface area contributed by atoms with Crippen LogP contribution in [0.25, 0.3) is 0 Å². The van der Waals surface area contributed by atoms with Crippen molar-refractivity contribution in [1.29, 1.82) is 0 Å². The first-order valence-electron chi connectivity index (χ1n) is 6.29. The van der Waals surface area contributed by atoms with Crippen molar-refractivity contribution in [3.63, 3.8) is 0 Å². The number of aromatic amines is 1. The molecule has 4 atom stereocenters. The van der Waals surface area contributed by atoms with Gasteiger partial charge in [0, 0.05) is 6.20 Å². The van der Waals surface area contributed by atoms with E-state index in [2.05, 4.69) is 16.8 Å². The van der Waals surface area contributed by atoms with Crippen LogP contribution in [0.4, 0.5) is 0 Å². The number of hydrogen-bond donors (Lipinski definition) is 4. The van der Waals surface area contributed by atoms with Crippen LogP contribution >= 0.6 is 0 Å². The molecule has 0 saturated carbocycles. The molecule has 1 aromatic rings. The Kier molecular flexibility index (Phi) is 4.02. The fraction of sp³-hybridized carbons (Fsp3) is 0.538. The predicted molar refractivity (Wildman–Crippen MR) is 71.5 cm³/mol. The topological polar surface area (TPSA) is 125 Å². The third-order valence-corrected chi connectivity index (χ3v) is 3.50. The van der Waals surface area contributed by atoms with Crippen LogP contribution in [0.1, 0.15) is 19.4 Å². The van der Waals surface area contributed by atoms with Gasteiger partial charge in [0.05, 0.1) is 6.61 Å². The molecule has 1 aliphatic heterocycles. The summed E-state index contributed by atoms with van der Waals surface area (Å²) in [5.41, 5.74) is -3.07. The van der Waals surface area contributed by atoms with E-state index in [4.69, 9.17) is 9.84 Å². The first kappa shape index (κ1) is 15.5. The molecular formula is C13H16N2O6. The van der Waals surface area contributed by atoms with Crippen molar-refractivity contribution in [2.24, 2.45) is 0 Å². The highest BCUT2D eigenvalue weighted by Crippen LogP contribution is 2.34. The molecule has 1 aromatic heterocycles. The second-order valence-corrected chi connectivity index (χ2v) is 4.88. The molecule has 0 aromatic carbocycles.